The minimum Gasteiger partial charge on any atom is -0.388 e. The number of carbonyl (C=O) groups excluding carboxylic acids is 1. The molecule has 0 radical (unpaired) electrons. The van der Waals surface area contributed by atoms with Gasteiger partial charge >= 0.3 is 0 Å². The molecule has 0 aliphatic rings. The molecule has 0 unspecified atom stereocenters. The fourth-order valence-electron chi connectivity index (χ4n) is 3.05. The van der Waals surface area contributed by atoms with Gasteiger partial charge in [-0.15, -0.1) is 0 Å². The number of hydrogen-bond donors (Lipinski definition) is 2. The Balaban J connectivity index is 1.65. The van der Waals surface area contributed by atoms with E-state index in [0.29, 0.717) is 18.7 Å². The molecule has 5 nitrogen and oxygen atoms in total. The molecule has 0 aliphatic heterocycles. The van der Waals surface area contributed by atoms with Crippen LogP contribution in [0.1, 0.15) is 27.3 Å². The quantitative estimate of drug-likeness (QED) is 0.698. The molecule has 0 bridgehead atoms. The zero-order chi connectivity index (χ0) is 19.4. The van der Waals surface area contributed by atoms with Gasteiger partial charge in [-0.05, 0) is 61.7 Å². The van der Waals surface area contributed by atoms with Gasteiger partial charge < -0.3 is 10.6 Å². The molecule has 0 fully saturated rings. The highest BCUT2D eigenvalue weighted by atomic mass is 16.1. The summed E-state index contributed by atoms with van der Waals surface area (Å²) in [5.41, 5.74) is 7.23. The number of nitrogens with zero attached hydrogens (tertiary/aromatic N) is 2. The Morgan fingerprint density at radius 2 is 1.78 bits per heavy atom. The standard InChI is InChI=1S/C22H26N4O/c1-15-16(2)25-26(17(15)3)13-12-24-22(27)20-7-5-6-19(14-20)18-8-10-21(23-4)11-9-18/h5-11,14,23H,12-13H2,1-4H3,(H,24,27). The van der Waals surface area contributed by atoms with Gasteiger partial charge in [-0.1, -0.05) is 24.3 Å². The van der Waals surface area contributed by atoms with Crippen LogP contribution in [-0.2, 0) is 6.54 Å². The predicted octanol–water partition coefficient (Wildman–Crippen LogP) is 3.95. The van der Waals surface area contributed by atoms with Crippen molar-refractivity contribution in [3.8, 4) is 11.1 Å². The maximum Gasteiger partial charge on any atom is 0.251 e. The summed E-state index contributed by atoms with van der Waals surface area (Å²) in [6.07, 6.45) is 0. The van der Waals surface area contributed by atoms with Gasteiger partial charge in [0.15, 0.2) is 0 Å². The highest BCUT2D eigenvalue weighted by Crippen LogP contribution is 2.22. The van der Waals surface area contributed by atoms with Gasteiger partial charge in [0, 0.05) is 30.5 Å². The van der Waals surface area contributed by atoms with Crippen LogP contribution in [0.5, 0.6) is 0 Å². The number of carbonyl (C=O) groups is 1. The van der Waals surface area contributed by atoms with E-state index in [4.69, 9.17) is 0 Å². The number of aromatic nitrogens is 2. The zero-order valence-corrected chi connectivity index (χ0v) is 16.3. The van der Waals surface area contributed by atoms with Crippen LogP contribution in [0.25, 0.3) is 11.1 Å². The minimum atomic E-state index is -0.0676. The fraction of sp³-hybridized carbons (Fsp3) is 0.273. The van der Waals surface area contributed by atoms with E-state index in [1.165, 1.54) is 5.56 Å². The summed E-state index contributed by atoms with van der Waals surface area (Å²) in [5, 5.41) is 10.6. The van der Waals surface area contributed by atoms with Crippen LogP contribution >= 0.6 is 0 Å². The molecule has 140 valence electrons. The summed E-state index contributed by atoms with van der Waals surface area (Å²) in [7, 11) is 1.90. The van der Waals surface area contributed by atoms with E-state index < -0.39 is 0 Å². The van der Waals surface area contributed by atoms with Crippen molar-refractivity contribution in [3.63, 3.8) is 0 Å². The third-order valence-corrected chi connectivity index (χ3v) is 4.98. The Labute approximate surface area is 160 Å². The van der Waals surface area contributed by atoms with Gasteiger partial charge in [0.2, 0.25) is 0 Å². The molecule has 0 saturated carbocycles. The first-order valence-electron chi connectivity index (χ1n) is 9.16. The van der Waals surface area contributed by atoms with Crippen molar-refractivity contribution < 1.29 is 4.79 Å². The maximum atomic E-state index is 12.5. The van der Waals surface area contributed by atoms with Crippen LogP contribution in [0.3, 0.4) is 0 Å². The monoisotopic (exact) mass is 362 g/mol. The predicted molar refractivity (Wildman–Crippen MR) is 110 cm³/mol. The van der Waals surface area contributed by atoms with E-state index in [1.807, 2.05) is 67.2 Å². The second kappa shape index (κ2) is 8.08. The van der Waals surface area contributed by atoms with Crippen molar-refractivity contribution in [2.75, 3.05) is 18.9 Å². The molecule has 3 rings (SSSR count). The van der Waals surface area contributed by atoms with Crippen LogP contribution in [0, 0.1) is 20.8 Å². The number of benzene rings is 2. The van der Waals surface area contributed by atoms with E-state index in [1.54, 1.807) is 0 Å². The largest absolute Gasteiger partial charge is 0.388 e. The Morgan fingerprint density at radius 3 is 2.41 bits per heavy atom. The number of amides is 1. The molecule has 0 atom stereocenters. The lowest BCUT2D eigenvalue weighted by Gasteiger charge is -2.09. The van der Waals surface area contributed by atoms with E-state index in [2.05, 4.69) is 29.6 Å². The van der Waals surface area contributed by atoms with Gasteiger partial charge in [0.05, 0.1) is 12.2 Å². The summed E-state index contributed by atoms with van der Waals surface area (Å²) < 4.78 is 1.95. The van der Waals surface area contributed by atoms with E-state index in [-0.39, 0.29) is 5.91 Å². The van der Waals surface area contributed by atoms with E-state index in [9.17, 15) is 4.79 Å². The fourth-order valence-corrected chi connectivity index (χ4v) is 3.05. The first-order valence-corrected chi connectivity index (χ1v) is 9.16. The van der Waals surface area contributed by atoms with Gasteiger partial charge in [-0.2, -0.15) is 5.10 Å². The highest BCUT2D eigenvalue weighted by Gasteiger charge is 2.09. The Hall–Kier alpha value is -3.08. The third kappa shape index (κ3) is 4.19. The third-order valence-electron chi connectivity index (χ3n) is 4.98. The highest BCUT2D eigenvalue weighted by molar-refractivity contribution is 5.95. The van der Waals surface area contributed by atoms with Crippen molar-refractivity contribution in [2.45, 2.75) is 27.3 Å². The smallest absolute Gasteiger partial charge is 0.251 e. The Morgan fingerprint density at radius 1 is 1.04 bits per heavy atom. The molecule has 1 amide bonds. The SMILES string of the molecule is CNc1ccc(-c2cccc(C(=O)NCCn3nc(C)c(C)c3C)c2)cc1. The molecule has 1 aromatic heterocycles. The van der Waals surface area contributed by atoms with Gasteiger partial charge in [0.1, 0.15) is 0 Å². The first kappa shape index (κ1) is 18.7. The van der Waals surface area contributed by atoms with Crippen LogP contribution in [0.4, 0.5) is 5.69 Å². The lowest BCUT2D eigenvalue weighted by Crippen LogP contribution is -2.27. The first-order chi connectivity index (χ1) is 13.0. The molecule has 2 N–H and O–H groups in total. The number of rotatable bonds is 6. The maximum absolute atomic E-state index is 12.5. The van der Waals surface area contributed by atoms with Crippen LogP contribution in [-0.4, -0.2) is 29.3 Å². The summed E-state index contributed by atoms with van der Waals surface area (Å²) in [4.78, 5) is 12.5. The molecular weight excluding hydrogens is 336 g/mol. The molecule has 2 aromatic carbocycles. The average molecular weight is 362 g/mol. The Bertz CT molecular complexity index is 941. The van der Waals surface area contributed by atoms with E-state index in [0.717, 1.165) is 28.2 Å². The number of nitrogens with one attached hydrogen (secondary N) is 2. The molecule has 0 spiro atoms. The van der Waals surface area contributed by atoms with Crippen molar-refractivity contribution >= 4 is 11.6 Å². The summed E-state index contributed by atoms with van der Waals surface area (Å²) >= 11 is 0. The van der Waals surface area contributed by atoms with Crippen LogP contribution in [0.2, 0.25) is 0 Å². The second-order valence-corrected chi connectivity index (χ2v) is 6.68. The van der Waals surface area contributed by atoms with Crippen LogP contribution < -0.4 is 10.6 Å². The molecule has 0 aliphatic carbocycles. The van der Waals surface area contributed by atoms with Crippen molar-refractivity contribution in [3.05, 3.63) is 71.0 Å². The topological polar surface area (TPSA) is 59.0 Å². The van der Waals surface area contributed by atoms with Gasteiger partial charge in [0.25, 0.3) is 5.91 Å². The average Bonchev–Trinajstić information content (AvgIpc) is 2.95. The molecular formula is C22H26N4O. The summed E-state index contributed by atoms with van der Waals surface area (Å²) in [5.74, 6) is -0.0676. The molecule has 1 heterocycles. The van der Waals surface area contributed by atoms with Gasteiger partial charge in [-0.3, -0.25) is 9.48 Å². The molecule has 5 heteroatoms. The number of anilines is 1. The van der Waals surface area contributed by atoms with Crippen molar-refractivity contribution in [1.29, 1.82) is 0 Å². The lowest BCUT2D eigenvalue weighted by molar-refractivity contribution is 0.0952. The van der Waals surface area contributed by atoms with Crippen molar-refractivity contribution in [1.82, 2.24) is 15.1 Å². The zero-order valence-electron chi connectivity index (χ0n) is 16.3. The number of hydrogen-bond acceptors (Lipinski definition) is 3. The van der Waals surface area contributed by atoms with Crippen molar-refractivity contribution in [2.24, 2.45) is 0 Å². The summed E-state index contributed by atoms with van der Waals surface area (Å²) in [6, 6.07) is 15.9. The molecule has 27 heavy (non-hydrogen) atoms. The second-order valence-electron chi connectivity index (χ2n) is 6.68. The van der Waals surface area contributed by atoms with Gasteiger partial charge in [-0.25, -0.2) is 0 Å². The molecule has 0 saturated heterocycles. The Kier molecular flexibility index (Phi) is 5.60. The lowest BCUT2D eigenvalue weighted by atomic mass is 10.0. The minimum absolute atomic E-state index is 0.0676. The summed E-state index contributed by atoms with van der Waals surface area (Å²) in [6.45, 7) is 7.34. The number of aryl methyl sites for hydroxylation is 1. The van der Waals surface area contributed by atoms with E-state index >= 15 is 0 Å². The molecule has 3 aromatic rings. The van der Waals surface area contributed by atoms with Crippen LogP contribution in [0.15, 0.2) is 48.5 Å². The normalized spacial score (nSPS) is 10.7.